The second kappa shape index (κ2) is 6.31. The van der Waals surface area contributed by atoms with Gasteiger partial charge in [0.15, 0.2) is 0 Å². The van der Waals surface area contributed by atoms with Gasteiger partial charge in [-0.25, -0.2) is 13.1 Å². The first-order chi connectivity index (χ1) is 9.08. The maximum Gasteiger partial charge on any atom is 0.246 e. The molecule has 1 unspecified atom stereocenters. The van der Waals surface area contributed by atoms with E-state index in [0.29, 0.717) is 0 Å². The number of sulfonamides is 1. The molecule has 0 aromatic heterocycles. The summed E-state index contributed by atoms with van der Waals surface area (Å²) in [6.45, 7) is 3.20. The van der Waals surface area contributed by atoms with E-state index in [1.807, 2.05) is 13.8 Å². The van der Waals surface area contributed by atoms with Crippen LogP contribution in [0.4, 0.5) is 0 Å². The zero-order chi connectivity index (χ0) is 15.5. The van der Waals surface area contributed by atoms with Crippen molar-refractivity contribution >= 4 is 27.7 Å². The molecule has 0 bridgehead atoms. The van der Waals surface area contributed by atoms with Gasteiger partial charge in [0.2, 0.25) is 27.7 Å². The number of nitrogens with one attached hydrogen (secondary N) is 2. The molecule has 1 heterocycles. The molecule has 9 heteroatoms. The first kappa shape index (κ1) is 16.6. The standard InChI is InChI=1S/C11H19N3O5S/c1-7(2)4-8(13-20(3,18)19)11(17)14-5-9(15)12-10(16)6-14/h7-8,13H,4-6H2,1-3H3,(H,12,15,16). The number of carbonyl (C=O) groups is 3. The first-order valence-electron chi connectivity index (χ1n) is 6.17. The van der Waals surface area contributed by atoms with Gasteiger partial charge >= 0.3 is 0 Å². The molecule has 2 N–H and O–H groups in total. The zero-order valence-corrected chi connectivity index (χ0v) is 12.5. The molecule has 20 heavy (non-hydrogen) atoms. The summed E-state index contributed by atoms with van der Waals surface area (Å²) in [4.78, 5) is 35.8. The molecule has 1 fully saturated rings. The molecule has 1 saturated heterocycles. The van der Waals surface area contributed by atoms with E-state index >= 15 is 0 Å². The van der Waals surface area contributed by atoms with E-state index < -0.39 is 33.8 Å². The van der Waals surface area contributed by atoms with Crippen LogP contribution < -0.4 is 10.0 Å². The third-order valence-corrected chi connectivity index (χ3v) is 3.33. The average molecular weight is 305 g/mol. The van der Waals surface area contributed by atoms with E-state index in [4.69, 9.17) is 0 Å². The van der Waals surface area contributed by atoms with Gasteiger partial charge in [-0.2, -0.15) is 0 Å². The van der Waals surface area contributed by atoms with Crippen molar-refractivity contribution in [2.75, 3.05) is 19.3 Å². The van der Waals surface area contributed by atoms with Crippen molar-refractivity contribution < 1.29 is 22.8 Å². The molecule has 0 radical (unpaired) electrons. The van der Waals surface area contributed by atoms with Crippen LogP contribution in [0.3, 0.4) is 0 Å². The highest BCUT2D eigenvalue weighted by molar-refractivity contribution is 7.88. The van der Waals surface area contributed by atoms with Crippen LogP contribution in [-0.4, -0.2) is 56.4 Å². The van der Waals surface area contributed by atoms with Gasteiger partial charge in [-0.1, -0.05) is 13.8 Å². The molecule has 0 aromatic carbocycles. The summed E-state index contributed by atoms with van der Waals surface area (Å²) in [5.41, 5.74) is 0. The number of imide groups is 1. The fourth-order valence-corrected chi connectivity index (χ4v) is 2.66. The van der Waals surface area contributed by atoms with E-state index in [2.05, 4.69) is 10.0 Å². The fraction of sp³-hybridized carbons (Fsp3) is 0.727. The minimum absolute atomic E-state index is 0.0764. The van der Waals surface area contributed by atoms with Crippen molar-refractivity contribution in [3.63, 3.8) is 0 Å². The molecule has 1 aliphatic rings. The summed E-state index contributed by atoms with van der Waals surface area (Å²) in [7, 11) is -3.56. The Balaban J connectivity index is 2.86. The monoisotopic (exact) mass is 305 g/mol. The predicted octanol–water partition coefficient (Wildman–Crippen LogP) is -1.56. The maximum absolute atomic E-state index is 12.3. The first-order valence-corrected chi connectivity index (χ1v) is 8.06. The van der Waals surface area contributed by atoms with Crippen molar-refractivity contribution in [2.24, 2.45) is 5.92 Å². The van der Waals surface area contributed by atoms with Crippen LogP contribution in [0.1, 0.15) is 20.3 Å². The predicted molar refractivity (Wildman–Crippen MR) is 71.0 cm³/mol. The van der Waals surface area contributed by atoms with Gasteiger partial charge < -0.3 is 4.90 Å². The van der Waals surface area contributed by atoms with Crippen LogP contribution in [0, 0.1) is 5.92 Å². The highest BCUT2D eigenvalue weighted by atomic mass is 32.2. The number of piperazine rings is 1. The number of amides is 3. The third-order valence-electron chi connectivity index (χ3n) is 2.62. The lowest BCUT2D eigenvalue weighted by atomic mass is 10.0. The van der Waals surface area contributed by atoms with Crippen LogP contribution >= 0.6 is 0 Å². The summed E-state index contributed by atoms with van der Waals surface area (Å²) in [6.07, 6.45) is 1.25. The Morgan fingerprint density at radius 2 is 1.80 bits per heavy atom. The average Bonchev–Trinajstić information content (AvgIpc) is 2.23. The lowest BCUT2D eigenvalue weighted by Crippen LogP contribution is -2.58. The molecule has 0 spiro atoms. The number of hydrogen-bond acceptors (Lipinski definition) is 5. The third kappa shape index (κ3) is 5.25. The lowest BCUT2D eigenvalue weighted by Gasteiger charge is -2.29. The Hall–Kier alpha value is -1.48. The minimum atomic E-state index is -3.56. The van der Waals surface area contributed by atoms with Crippen LogP contribution in [0.2, 0.25) is 0 Å². The molecule has 1 atom stereocenters. The molecule has 1 aliphatic heterocycles. The van der Waals surface area contributed by atoms with Gasteiger partial charge in [-0.15, -0.1) is 0 Å². The molecular formula is C11H19N3O5S. The van der Waals surface area contributed by atoms with E-state index in [9.17, 15) is 22.8 Å². The fourth-order valence-electron chi connectivity index (χ4n) is 1.94. The van der Waals surface area contributed by atoms with E-state index in [1.165, 1.54) is 0 Å². The van der Waals surface area contributed by atoms with Gasteiger partial charge in [0, 0.05) is 0 Å². The van der Waals surface area contributed by atoms with Gasteiger partial charge in [0.05, 0.1) is 6.26 Å². The SMILES string of the molecule is CC(C)CC(NS(C)(=O)=O)C(=O)N1CC(=O)NC(=O)C1. The van der Waals surface area contributed by atoms with Crippen molar-refractivity contribution in [1.82, 2.24) is 14.9 Å². The molecule has 3 amide bonds. The number of nitrogens with zero attached hydrogens (tertiary/aromatic N) is 1. The Kier molecular flexibility index (Phi) is 5.23. The Morgan fingerprint density at radius 1 is 1.30 bits per heavy atom. The van der Waals surface area contributed by atoms with Crippen molar-refractivity contribution in [1.29, 1.82) is 0 Å². The summed E-state index contributed by atoms with van der Waals surface area (Å²) < 4.78 is 24.9. The molecule has 0 aromatic rings. The second-order valence-corrected chi connectivity index (χ2v) is 7.02. The molecular weight excluding hydrogens is 286 g/mol. The van der Waals surface area contributed by atoms with Crippen molar-refractivity contribution in [3.05, 3.63) is 0 Å². The summed E-state index contributed by atoms with van der Waals surface area (Å²) >= 11 is 0. The number of rotatable bonds is 5. The highest BCUT2D eigenvalue weighted by Gasteiger charge is 2.32. The van der Waals surface area contributed by atoms with Crippen LogP contribution in [-0.2, 0) is 24.4 Å². The number of hydrogen-bond donors (Lipinski definition) is 2. The molecule has 1 rings (SSSR count). The highest BCUT2D eigenvalue weighted by Crippen LogP contribution is 2.10. The topological polar surface area (TPSA) is 113 Å². The maximum atomic E-state index is 12.3. The zero-order valence-electron chi connectivity index (χ0n) is 11.7. The van der Waals surface area contributed by atoms with Crippen LogP contribution in [0.25, 0.3) is 0 Å². The quantitative estimate of drug-likeness (QED) is 0.596. The van der Waals surface area contributed by atoms with Crippen molar-refractivity contribution in [3.8, 4) is 0 Å². The molecule has 114 valence electrons. The Labute approximate surface area is 117 Å². The molecule has 0 saturated carbocycles. The van der Waals surface area contributed by atoms with Gasteiger partial charge in [0.25, 0.3) is 0 Å². The largest absolute Gasteiger partial charge is 0.323 e. The van der Waals surface area contributed by atoms with Crippen LogP contribution in [0.5, 0.6) is 0 Å². The van der Waals surface area contributed by atoms with Gasteiger partial charge in [-0.3, -0.25) is 19.7 Å². The van der Waals surface area contributed by atoms with Gasteiger partial charge in [-0.05, 0) is 12.3 Å². The Morgan fingerprint density at radius 3 is 2.20 bits per heavy atom. The second-order valence-electron chi connectivity index (χ2n) is 5.24. The van der Waals surface area contributed by atoms with E-state index in [0.717, 1.165) is 11.2 Å². The molecule has 8 nitrogen and oxygen atoms in total. The van der Waals surface area contributed by atoms with E-state index in [-0.39, 0.29) is 25.4 Å². The normalized spacial score (nSPS) is 18.1. The summed E-state index contributed by atoms with van der Waals surface area (Å²) in [6, 6.07) is -0.969. The van der Waals surface area contributed by atoms with E-state index in [1.54, 1.807) is 0 Å². The summed E-state index contributed by atoms with van der Waals surface area (Å²) in [5.74, 6) is -1.63. The van der Waals surface area contributed by atoms with Crippen LogP contribution in [0.15, 0.2) is 0 Å². The smallest absolute Gasteiger partial charge is 0.246 e. The minimum Gasteiger partial charge on any atom is -0.323 e. The van der Waals surface area contributed by atoms with Crippen molar-refractivity contribution in [2.45, 2.75) is 26.3 Å². The Bertz CT molecular complexity index is 498. The lowest BCUT2D eigenvalue weighted by molar-refractivity contribution is -0.146. The van der Waals surface area contributed by atoms with Gasteiger partial charge in [0.1, 0.15) is 19.1 Å². The summed E-state index contributed by atoms with van der Waals surface area (Å²) in [5, 5.41) is 2.08. The number of carbonyl (C=O) groups excluding carboxylic acids is 3. The molecule has 0 aliphatic carbocycles.